The average Bonchev–Trinajstić information content (AvgIpc) is 3.20. The molecule has 0 saturated carbocycles. The van der Waals surface area contributed by atoms with Gasteiger partial charge in [0.25, 0.3) is 11.7 Å². The normalized spacial score (nSPS) is 16.6. The molecule has 1 unspecified atom stereocenters. The molecule has 4 rings (SSSR count). The quantitative estimate of drug-likeness (QED) is 0.212. The molecule has 7 heteroatoms. The van der Waals surface area contributed by atoms with E-state index in [9.17, 15) is 14.7 Å². The molecule has 37 heavy (non-hydrogen) atoms. The zero-order chi connectivity index (χ0) is 26.4. The van der Waals surface area contributed by atoms with Gasteiger partial charge in [-0.25, -0.2) is 0 Å². The van der Waals surface area contributed by atoms with Crippen molar-refractivity contribution >= 4 is 23.1 Å². The standard InChI is InChI=1S/C30H31NO6/c1-4-16-36-23-14-12-20(13-15-23)27-26(28(32)21-8-6-11-25(18-21)37-17-5-2)29(33)30(34)31(27)22-9-7-10-24(19-22)35-3/h6-15,18-19,27,32H,4-5,16-17H2,1-3H3/b28-26+. The second-order valence-electron chi connectivity index (χ2n) is 8.66. The summed E-state index contributed by atoms with van der Waals surface area (Å²) >= 11 is 0. The predicted octanol–water partition coefficient (Wildman–Crippen LogP) is 5.90. The van der Waals surface area contributed by atoms with Gasteiger partial charge in [-0.05, 0) is 54.8 Å². The Morgan fingerprint density at radius 3 is 2.16 bits per heavy atom. The molecule has 0 spiro atoms. The number of benzene rings is 3. The van der Waals surface area contributed by atoms with E-state index < -0.39 is 17.7 Å². The highest BCUT2D eigenvalue weighted by atomic mass is 16.5. The molecule has 1 heterocycles. The summed E-state index contributed by atoms with van der Waals surface area (Å²) in [6, 6.07) is 20.2. The Morgan fingerprint density at radius 1 is 0.838 bits per heavy atom. The van der Waals surface area contributed by atoms with Crippen molar-refractivity contribution in [1.29, 1.82) is 0 Å². The molecule has 7 nitrogen and oxygen atoms in total. The number of hydrogen-bond acceptors (Lipinski definition) is 6. The predicted molar refractivity (Wildman–Crippen MR) is 142 cm³/mol. The number of aliphatic hydroxyl groups is 1. The molecule has 3 aromatic carbocycles. The zero-order valence-corrected chi connectivity index (χ0v) is 21.3. The Kier molecular flexibility index (Phi) is 8.13. The minimum absolute atomic E-state index is 0.00249. The number of Topliss-reactive ketones (excluding diaryl/α,β-unsaturated/α-hetero) is 1. The van der Waals surface area contributed by atoms with Crippen molar-refractivity contribution in [1.82, 2.24) is 0 Å². The van der Waals surface area contributed by atoms with Gasteiger partial charge in [-0.2, -0.15) is 0 Å². The molecule has 0 radical (unpaired) electrons. The van der Waals surface area contributed by atoms with Gasteiger partial charge in [0, 0.05) is 17.3 Å². The van der Waals surface area contributed by atoms with Crippen LogP contribution in [0.4, 0.5) is 5.69 Å². The number of aliphatic hydroxyl groups excluding tert-OH is 1. The highest BCUT2D eigenvalue weighted by Gasteiger charge is 2.47. The molecular formula is C30H31NO6. The Bertz CT molecular complexity index is 1300. The van der Waals surface area contributed by atoms with Gasteiger partial charge >= 0.3 is 0 Å². The van der Waals surface area contributed by atoms with Crippen LogP contribution in [0.3, 0.4) is 0 Å². The van der Waals surface area contributed by atoms with Gasteiger partial charge in [0.15, 0.2) is 0 Å². The first kappa shape index (κ1) is 25.8. The first-order chi connectivity index (χ1) is 18.0. The van der Waals surface area contributed by atoms with Crippen molar-refractivity contribution < 1.29 is 28.9 Å². The molecule has 1 fully saturated rings. The molecule has 0 aliphatic carbocycles. The lowest BCUT2D eigenvalue weighted by Crippen LogP contribution is -2.29. The first-order valence-corrected chi connectivity index (χ1v) is 12.4. The topological polar surface area (TPSA) is 85.3 Å². The fourth-order valence-electron chi connectivity index (χ4n) is 4.25. The average molecular weight is 502 g/mol. The molecule has 1 saturated heterocycles. The van der Waals surface area contributed by atoms with Crippen LogP contribution in [0, 0.1) is 0 Å². The Hall–Kier alpha value is -4.26. The number of rotatable bonds is 10. The van der Waals surface area contributed by atoms with Crippen molar-refractivity contribution in [3.05, 3.63) is 89.5 Å². The summed E-state index contributed by atoms with van der Waals surface area (Å²) in [6.45, 7) is 5.13. The van der Waals surface area contributed by atoms with Gasteiger partial charge in [-0.3, -0.25) is 14.5 Å². The molecule has 0 aromatic heterocycles. The van der Waals surface area contributed by atoms with Crippen molar-refractivity contribution in [3.63, 3.8) is 0 Å². The number of methoxy groups -OCH3 is 1. The second-order valence-corrected chi connectivity index (χ2v) is 8.66. The SMILES string of the molecule is CCCOc1ccc(C2/C(=C(\O)c3cccc(OCCC)c3)C(=O)C(=O)N2c2cccc(OC)c2)cc1. The van der Waals surface area contributed by atoms with E-state index in [4.69, 9.17) is 14.2 Å². The number of hydrogen-bond donors (Lipinski definition) is 1. The summed E-state index contributed by atoms with van der Waals surface area (Å²) in [6.07, 6.45) is 1.71. The lowest BCUT2D eigenvalue weighted by Gasteiger charge is -2.26. The molecule has 1 N–H and O–H groups in total. The summed E-state index contributed by atoms with van der Waals surface area (Å²) < 4.78 is 16.8. The van der Waals surface area contributed by atoms with Crippen LogP contribution in [0.1, 0.15) is 43.9 Å². The van der Waals surface area contributed by atoms with Crippen molar-refractivity contribution in [2.24, 2.45) is 0 Å². The maximum absolute atomic E-state index is 13.4. The van der Waals surface area contributed by atoms with Crippen molar-refractivity contribution in [2.45, 2.75) is 32.7 Å². The molecule has 1 amide bonds. The number of amides is 1. The molecule has 192 valence electrons. The summed E-state index contributed by atoms with van der Waals surface area (Å²) in [7, 11) is 1.54. The lowest BCUT2D eigenvalue weighted by molar-refractivity contribution is -0.132. The van der Waals surface area contributed by atoms with Gasteiger partial charge in [0.1, 0.15) is 23.0 Å². The van der Waals surface area contributed by atoms with E-state index in [0.29, 0.717) is 47.3 Å². The Labute approximate surface area is 216 Å². The highest BCUT2D eigenvalue weighted by molar-refractivity contribution is 6.51. The molecule has 3 aromatic rings. The van der Waals surface area contributed by atoms with E-state index in [1.807, 2.05) is 26.0 Å². The minimum atomic E-state index is -0.854. The minimum Gasteiger partial charge on any atom is -0.507 e. The molecule has 1 aliphatic rings. The van der Waals surface area contributed by atoms with E-state index in [-0.39, 0.29) is 11.3 Å². The van der Waals surface area contributed by atoms with E-state index >= 15 is 0 Å². The lowest BCUT2D eigenvalue weighted by atomic mass is 9.95. The molecule has 1 aliphatic heterocycles. The van der Waals surface area contributed by atoms with Crippen LogP contribution >= 0.6 is 0 Å². The van der Waals surface area contributed by atoms with Gasteiger partial charge in [-0.15, -0.1) is 0 Å². The van der Waals surface area contributed by atoms with Crippen molar-refractivity contribution in [3.8, 4) is 17.2 Å². The van der Waals surface area contributed by atoms with Gasteiger partial charge in [0.2, 0.25) is 0 Å². The largest absolute Gasteiger partial charge is 0.507 e. The number of anilines is 1. The monoisotopic (exact) mass is 501 g/mol. The number of ether oxygens (including phenoxy) is 3. The fourth-order valence-corrected chi connectivity index (χ4v) is 4.25. The maximum Gasteiger partial charge on any atom is 0.300 e. The first-order valence-electron chi connectivity index (χ1n) is 12.4. The summed E-state index contributed by atoms with van der Waals surface area (Å²) in [4.78, 5) is 28.2. The third kappa shape index (κ3) is 5.45. The van der Waals surface area contributed by atoms with Crippen LogP contribution in [0.5, 0.6) is 17.2 Å². The van der Waals surface area contributed by atoms with Crippen LogP contribution in [-0.4, -0.2) is 37.1 Å². The second kappa shape index (κ2) is 11.6. The maximum atomic E-state index is 13.4. The van der Waals surface area contributed by atoms with E-state index in [1.54, 1.807) is 60.7 Å². The Balaban J connectivity index is 1.85. The van der Waals surface area contributed by atoms with E-state index in [1.165, 1.54) is 12.0 Å². The summed E-state index contributed by atoms with van der Waals surface area (Å²) in [5.41, 5.74) is 1.54. The number of carbonyl (C=O) groups is 2. The van der Waals surface area contributed by atoms with Gasteiger partial charge < -0.3 is 19.3 Å². The van der Waals surface area contributed by atoms with E-state index in [0.717, 1.165) is 12.8 Å². The third-order valence-corrected chi connectivity index (χ3v) is 6.02. The smallest absolute Gasteiger partial charge is 0.300 e. The zero-order valence-electron chi connectivity index (χ0n) is 21.3. The third-order valence-electron chi connectivity index (χ3n) is 6.02. The highest BCUT2D eigenvalue weighted by Crippen LogP contribution is 2.43. The number of carbonyl (C=O) groups excluding carboxylic acids is 2. The Morgan fingerprint density at radius 2 is 1.49 bits per heavy atom. The van der Waals surface area contributed by atoms with Gasteiger partial charge in [0.05, 0.1) is 31.9 Å². The summed E-state index contributed by atoms with van der Waals surface area (Å²) in [5.74, 6) is 0.0388. The van der Waals surface area contributed by atoms with Crippen molar-refractivity contribution in [2.75, 3.05) is 25.2 Å². The van der Waals surface area contributed by atoms with Crippen LogP contribution in [-0.2, 0) is 9.59 Å². The fraction of sp³-hybridized carbons (Fsp3) is 0.267. The molecular weight excluding hydrogens is 470 g/mol. The van der Waals surface area contributed by atoms with Crippen LogP contribution in [0.2, 0.25) is 0 Å². The number of nitrogens with zero attached hydrogens (tertiary/aromatic N) is 1. The molecule has 0 bridgehead atoms. The summed E-state index contributed by atoms with van der Waals surface area (Å²) in [5, 5.41) is 11.4. The van der Waals surface area contributed by atoms with Crippen LogP contribution < -0.4 is 19.1 Å². The molecule has 1 atom stereocenters. The number of ketones is 1. The van der Waals surface area contributed by atoms with Crippen LogP contribution in [0.25, 0.3) is 5.76 Å². The van der Waals surface area contributed by atoms with Gasteiger partial charge in [-0.1, -0.05) is 44.2 Å². The van der Waals surface area contributed by atoms with E-state index in [2.05, 4.69) is 0 Å². The van der Waals surface area contributed by atoms with Crippen LogP contribution in [0.15, 0.2) is 78.4 Å².